The van der Waals surface area contributed by atoms with E-state index in [1.54, 1.807) is 0 Å². The summed E-state index contributed by atoms with van der Waals surface area (Å²) < 4.78 is 2.28. The lowest BCUT2D eigenvalue weighted by molar-refractivity contribution is 0.431. The Hall–Kier alpha value is -3.24. The molecule has 4 heteroatoms. The zero-order chi connectivity index (χ0) is 24.7. The quantitative estimate of drug-likeness (QED) is 0.158. The molecule has 1 N–H and O–H groups in total. The summed E-state index contributed by atoms with van der Waals surface area (Å²) in [5, 5.41) is 3.42. The molecule has 0 aliphatic carbocycles. The van der Waals surface area contributed by atoms with Gasteiger partial charge in [0.1, 0.15) is 5.54 Å². The number of hydrogen-bond donors (Lipinski definition) is 1. The van der Waals surface area contributed by atoms with Gasteiger partial charge in [0, 0.05) is 19.2 Å². The van der Waals surface area contributed by atoms with Crippen LogP contribution in [0.15, 0.2) is 104 Å². The van der Waals surface area contributed by atoms with Crippen LogP contribution in [0.4, 0.5) is 0 Å². The van der Waals surface area contributed by atoms with E-state index in [1.165, 1.54) is 16.7 Å². The molecule has 0 atom stereocenters. The van der Waals surface area contributed by atoms with Gasteiger partial charge >= 0.3 is 0 Å². The van der Waals surface area contributed by atoms with Gasteiger partial charge in [-0.3, -0.25) is 0 Å². The van der Waals surface area contributed by atoms with Crippen molar-refractivity contribution in [3.63, 3.8) is 0 Å². The van der Waals surface area contributed by atoms with Crippen molar-refractivity contribution in [2.75, 3.05) is 6.54 Å². The van der Waals surface area contributed by atoms with Gasteiger partial charge in [-0.2, -0.15) is 0 Å². The lowest BCUT2D eigenvalue weighted by Crippen LogP contribution is -2.36. The molecule has 0 saturated carbocycles. The maximum Gasteiger partial charge on any atom is 0.121 e. The molecule has 0 fully saturated rings. The molecule has 4 aromatic rings. The topological polar surface area (TPSA) is 29.9 Å². The maximum absolute atomic E-state index is 5.52. The van der Waals surface area contributed by atoms with Crippen molar-refractivity contribution in [2.45, 2.75) is 45.6 Å². The molecule has 0 bridgehead atoms. The molecule has 0 aliphatic rings. The average Bonchev–Trinajstić information content (AvgIpc) is 3.32. The highest BCUT2D eigenvalue weighted by Crippen LogP contribution is 2.40. The lowest BCUT2D eigenvalue weighted by Gasteiger charge is -2.37. The molecule has 0 aliphatic heterocycles. The van der Waals surface area contributed by atoms with Gasteiger partial charge < -0.3 is 9.88 Å². The Morgan fingerprint density at radius 2 is 1.29 bits per heavy atom. The van der Waals surface area contributed by atoms with E-state index in [-0.39, 0.29) is 5.41 Å². The fourth-order valence-electron chi connectivity index (χ4n) is 4.70. The molecule has 3 aromatic carbocycles. The van der Waals surface area contributed by atoms with Crippen molar-refractivity contribution < 1.29 is 0 Å². The second-order valence-corrected chi connectivity index (χ2v) is 10.8. The minimum Gasteiger partial charge on any atom is -0.380 e. The number of nitrogens with one attached hydrogen (secondary N) is 1. The summed E-state index contributed by atoms with van der Waals surface area (Å²) in [6.45, 7) is 7.51. The first-order valence-corrected chi connectivity index (χ1v) is 12.8. The van der Waals surface area contributed by atoms with Crippen LogP contribution < -0.4 is 5.32 Å². The third-order valence-corrected chi connectivity index (χ3v) is 6.51. The summed E-state index contributed by atoms with van der Waals surface area (Å²) in [6.07, 6.45) is 6.98. The van der Waals surface area contributed by atoms with Gasteiger partial charge in [-0.1, -0.05) is 124 Å². The van der Waals surface area contributed by atoms with Crippen molar-refractivity contribution in [3.05, 3.63) is 126 Å². The predicted octanol–water partition coefficient (Wildman–Crippen LogP) is 7.01. The summed E-state index contributed by atoms with van der Waals surface area (Å²) in [5.41, 5.74) is 4.39. The largest absolute Gasteiger partial charge is 0.380 e. The van der Waals surface area contributed by atoms with Gasteiger partial charge in [-0.05, 0) is 34.9 Å². The summed E-state index contributed by atoms with van der Waals surface area (Å²) in [4.78, 5) is 5.78. The van der Waals surface area contributed by atoms with Crippen LogP contribution in [-0.2, 0) is 12.0 Å². The van der Waals surface area contributed by atoms with Crippen LogP contribution >= 0.6 is 12.2 Å². The first kappa shape index (κ1) is 24.9. The number of thiocarbonyl (C=S) groups is 1. The third-order valence-electron chi connectivity index (χ3n) is 6.22. The SMILES string of the molecule is CC(C)(C)CC(=S)NCCCc1cn(C(c2ccccc2)(c2ccccc2)c2ccccc2)cn1. The number of aryl methyl sites for hydroxylation is 1. The van der Waals surface area contributed by atoms with Crippen LogP contribution in [0.1, 0.15) is 56.0 Å². The van der Waals surface area contributed by atoms with E-state index in [0.29, 0.717) is 0 Å². The van der Waals surface area contributed by atoms with Crippen molar-refractivity contribution in [2.24, 2.45) is 5.41 Å². The molecule has 35 heavy (non-hydrogen) atoms. The van der Waals surface area contributed by atoms with Crippen molar-refractivity contribution in [3.8, 4) is 0 Å². The van der Waals surface area contributed by atoms with E-state index in [4.69, 9.17) is 17.2 Å². The highest BCUT2D eigenvalue weighted by Gasteiger charge is 2.38. The fourth-order valence-corrected chi connectivity index (χ4v) is 5.24. The lowest BCUT2D eigenvalue weighted by atomic mass is 9.77. The van der Waals surface area contributed by atoms with Crippen molar-refractivity contribution >= 4 is 17.2 Å². The Bertz CT molecular complexity index is 1110. The molecule has 0 amide bonds. The van der Waals surface area contributed by atoms with Gasteiger partial charge in [0.05, 0.1) is 17.0 Å². The Labute approximate surface area is 215 Å². The van der Waals surface area contributed by atoms with Crippen molar-refractivity contribution in [1.29, 1.82) is 0 Å². The molecular weight excluding hydrogens is 446 g/mol. The first-order chi connectivity index (χ1) is 16.9. The zero-order valence-corrected chi connectivity index (χ0v) is 21.8. The molecule has 1 heterocycles. The van der Waals surface area contributed by atoms with E-state index >= 15 is 0 Å². The minimum atomic E-state index is -0.512. The molecule has 0 radical (unpaired) electrons. The van der Waals surface area contributed by atoms with Gasteiger partial charge in [0.25, 0.3) is 0 Å². The molecule has 0 spiro atoms. The van der Waals surface area contributed by atoms with Crippen LogP contribution in [0.3, 0.4) is 0 Å². The van der Waals surface area contributed by atoms with Crippen LogP contribution in [0.2, 0.25) is 0 Å². The zero-order valence-electron chi connectivity index (χ0n) is 20.9. The van der Waals surface area contributed by atoms with E-state index < -0.39 is 5.54 Å². The second-order valence-electron chi connectivity index (χ2n) is 10.3. The monoisotopic (exact) mass is 481 g/mol. The Morgan fingerprint density at radius 3 is 1.74 bits per heavy atom. The van der Waals surface area contributed by atoms with E-state index in [2.05, 4.69) is 128 Å². The van der Waals surface area contributed by atoms with E-state index in [1.807, 2.05) is 6.33 Å². The van der Waals surface area contributed by atoms with Gasteiger partial charge in [0.2, 0.25) is 0 Å². The Morgan fingerprint density at radius 1 is 0.800 bits per heavy atom. The van der Waals surface area contributed by atoms with Crippen molar-refractivity contribution in [1.82, 2.24) is 14.9 Å². The summed E-state index contributed by atoms with van der Waals surface area (Å²) in [5.74, 6) is 0. The summed E-state index contributed by atoms with van der Waals surface area (Å²) in [6, 6.07) is 32.1. The summed E-state index contributed by atoms with van der Waals surface area (Å²) >= 11 is 5.52. The van der Waals surface area contributed by atoms with Crippen LogP contribution in [0, 0.1) is 5.41 Å². The van der Waals surface area contributed by atoms with Crippen LogP contribution in [0.5, 0.6) is 0 Å². The van der Waals surface area contributed by atoms with E-state index in [0.717, 1.165) is 36.5 Å². The molecule has 1 aromatic heterocycles. The first-order valence-electron chi connectivity index (χ1n) is 12.4. The molecule has 4 rings (SSSR count). The number of hydrogen-bond acceptors (Lipinski definition) is 2. The number of benzene rings is 3. The standard InChI is InChI=1S/C31H35N3S/c1-30(2,3)22-29(35)32-21-13-20-28-23-34(24-33-28)31(25-14-7-4-8-15-25,26-16-9-5-10-17-26)27-18-11-6-12-19-27/h4-12,14-19,23-24H,13,20-22H2,1-3H3,(H,32,35). The Kier molecular flexibility index (Phi) is 7.82. The van der Waals surface area contributed by atoms with Gasteiger partial charge in [0.15, 0.2) is 0 Å². The normalized spacial score (nSPS) is 11.9. The van der Waals surface area contributed by atoms with Gasteiger partial charge in [-0.15, -0.1) is 0 Å². The van der Waals surface area contributed by atoms with E-state index in [9.17, 15) is 0 Å². The number of aromatic nitrogens is 2. The van der Waals surface area contributed by atoms with Gasteiger partial charge in [-0.25, -0.2) is 4.98 Å². The molecule has 180 valence electrons. The van der Waals surface area contributed by atoms with Crippen LogP contribution in [0.25, 0.3) is 0 Å². The third kappa shape index (κ3) is 5.88. The van der Waals surface area contributed by atoms with Crippen LogP contribution in [-0.4, -0.2) is 21.1 Å². The smallest absolute Gasteiger partial charge is 0.121 e. The Balaban J connectivity index is 1.64. The second kappa shape index (κ2) is 11.0. The number of imidazole rings is 1. The average molecular weight is 482 g/mol. The number of rotatable bonds is 9. The number of nitrogens with zero attached hydrogens (tertiary/aromatic N) is 2. The molecule has 0 saturated heterocycles. The molecule has 0 unspecified atom stereocenters. The molecular formula is C31H35N3S. The summed E-state index contributed by atoms with van der Waals surface area (Å²) in [7, 11) is 0. The molecule has 3 nitrogen and oxygen atoms in total. The highest BCUT2D eigenvalue weighted by molar-refractivity contribution is 7.80. The minimum absolute atomic E-state index is 0.207. The fraction of sp³-hybridized carbons (Fsp3) is 0.290. The maximum atomic E-state index is 5.52. The predicted molar refractivity (Wildman–Crippen MR) is 150 cm³/mol. The highest BCUT2D eigenvalue weighted by atomic mass is 32.1.